The van der Waals surface area contributed by atoms with E-state index in [1.165, 1.54) is 0 Å². The van der Waals surface area contributed by atoms with Crippen LogP contribution in [0.25, 0.3) is 0 Å². The van der Waals surface area contributed by atoms with E-state index in [4.69, 9.17) is 74.3 Å². The van der Waals surface area contributed by atoms with Crippen LogP contribution in [-0.2, 0) is 29.2 Å². The number of nitrogens with zero attached hydrogens (tertiary/aromatic N) is 2. The van der Waals surface area contributed by atoms with Crippen molar-refractivity contribution < 1.29 is 14.1 Å². The number of nitrogens with one attached hydrogen (secondary N) is 1. The molecule has 1 atom stereocenters. The summed E-state index contributed by atoms with van der Waals surface area (Å²) >= 11 is 37.1. The molecule has 1 heterocycles. The van der Waals surface area contributed by atoms with Crippen LogP contribution in [0, 0.1) is 0 Å². The van der Waals surface area contributed by atoms with Gasteiger partial charge in [-0.15, -0.1) is 0 Å². The normalized spacial score (nSPS) is 11.9. The number of carbonyl (C=O) groups is 1. The van der Waals surface area contributed by atoms with E-state index in [1.54, 1.807) is 59.6 Å². The van der Waals surface area contributed by atoms with Crippen LogP contribution >= 0.6 is 69.6 Å². The number of aromatic nitrogens is 2. The fraction of sp³-hybridized carbons (Fsp3) is 0.154. The summed E-state index contributed by atoms with van der Waals surface area (Å²) in [6.07, 6.45) is 5.00. The average Bonchev–Trinajstić information content (AvgIpc) is 3.26. The average molecular weight is 619 g/mol. The van der Waals surface area contributed by atoms with E-state index in [9.17, 15) is 4.79 Å². The Morgan fingerprint density at radius 3 is 2.27 bits per heavy atom. The predicted octanol–water partition coefficient (Wildman–Crippen LogP) is 8.29. The summed E-state index contributed by atoms with van der Waals surface area (Å²) in [4.78, 5) is 12.6. The highest BCUT2D eigenvalue weighted by Gasteiger charge is 2.21. The van der Waals surface area contributed by atoms with Gasteiger partial charge in [-0.25, -0.2) is 9.13 Å². The molecule has 1 aromatic heterocycles. The van der Waals surface area contributed by atoms with Gasteiger partial charge in [0, 0.05) is 30.7 Å². The molecule has 0 aliphatic heterocycles. The third kappa shape index (κ3) is 7.78. The van der Waals surface area contributed by atoms with Gasteiger partial charge in [0.1, 0.15) is 25.0 Å². The molecule has 0 aliphatic carbocycles. The Kier molecular flexibility index (Phi) is 9.65. The molecule has 0 bridgehead atoms. The van der Waals surface area contributed by atoms with Gasteiger partial charge >= 0.3 is 0 Å². The van der Waals surface area contributed by atoms with Crippen LogP contribution in [0.5, 0.6) is 0 Å². The molecule has 3 aromatic carbocycles. The second kappa shape index (κ2) is 12.7. The maximum absolute atomic E-state index is 12.6. The summed E-state index contributed by atoms with van der Waals surface area (Å²) in [5.41, 5.74) is 2.01. The zero-order valence-electron chi connectivity index (χ0n) is 19.1. The van der Waals surface area contributed by atoms with Crippen LogP contribution in [-0.4, -0.2) is 10.5 Å². The minimum atomic E-state index is -0.434. The number of halogens is 6. The van der Waals surface area contributed by atoms with Crippen molar-refractivity contribution in [3.05, 3.63) is 115 Å². The first-order valence-corrected chi connectivity index (χ1v) is 13.2. The molecule has 4 aromatic rings. The Labute approximate surface area is 244 Å². The largest absolute Gasteiger partial charge is 0.365 e. The van der Waals surface area contributed by atoms with Crippen molar-refractivity contribution in [2.75, 3.05) is 5.32 Å². The fourth-order valence-corrected chi connectivity index (χ4v) is 4.94. The van der Waals surface area contributed by atoms with Crippen LogP contribution < -0.4 is 9.88 Å². The first-order chi connectivity index (χ1) is 17.7. The van der Waals surface area contributed by atoms with Gasteiger partial charge in [0.2, 0.25) is 6.33 Å². The minimum absolute atomic E-state index is 0.0729. The molecule has 1 N–H and O–H groups in total. The van der Waals surface area contributed by atoms with Crippen molar-refractivity contribution >= 4 is 81.2 Å². The highest BCUT2D eigenvalue weighted by molar-refractivity contribution is 6.36. The Hall–Kier alpha value is -1.96. The Morgan fingerprint density at radius 2 is 1.54 bits per heavy atom. The van der Waals surface area contributed by atoms with E-state index in [0.29, 0.717) is 42.4 Å². The first-order valence-electron chi connectivity index (χ1n) is 11.0. The summed E-state index contributed by atoms with van der Waals surface area (Å²) in [5.74, 6) is -0.252. The summed E-state index contributed by atoms with van der Waals surface area (Å²) in [6, 6.07) is 15.4. The van der Waals surface area contributed by atoms with Gasteiger partial charge in [-0.3, -0.25) is 4.79 Å². The van der Waals surface area contributed by atoms with Gasteiger partial charge in [0.25, 0.3) is 5.91 Å². The number of ether oxygens (including phenoxy) is 1. The molecule has 5 nitrogen and oxygen atoms in total. The molecule has 0 fully saturated rings. The molecule has 11 heteroatoms. The van der Waals surface area contributed by atoms with Gasteiger partial charge in [0.15, 0.2) is 6.54 Å². The summed E-state index contributed by atoms with van der Waals surface area (Å²) in [5, 5.41) is 5.72. The van der Waals surface area contributed by atoms with Gasteiger partial charge in [-0.05, 0) is 48.0 Å². The van der Waals surface area contributed by atoms with Crippen molar-refractivity contribution in [2.45, 2.75) is 25.8 Å². The van der Waals surface area contributed by atoms with Crippen LogP contribution in [0.15, 0.2) is 73.3 Å². The second-order valence-corrected chi connectivity index (χ2v) is 10.7. The van der Waals surface area contributed by atoms with Gasteiger partial charge in [0.05, 0.1) is 17.3 Å². The Morgan fingerprint density at radius 1 is 0.865 bits per heavy atom. The van der Waals surface area contributed by atoms with Crippen molar-refractivity contribution in [1.82, 2.24) is 4.57 Å². The lowest BCUT2D eigenvalue weighted by atomic mass is 10.1. The highest BCUT2D eigenvalue weighted by Crippen LogP contribution is 2.31. The third-order valence-corrected chi connectivity index (χ3v) is 7.13. The van der Waals surface area contributed by atoms with Crippen LogP contribution in [0.1, 0.15) is 17.2 Å². The standard InChI is InChI=1S/C26H19Cl6N3O2/c27-17-2-1-16(22(31)9-17)14-37-25(20-5-3-18(28)10-23(20)32)12-34-7-8-35(15-34)13-26(36)33-24-11-19(29)4-6-21(24)30/h1-11,15,25H,12-14H2/p+1. The SMILES string of the molecule is O=C(C[n+]1ccn(CC(OCc2ccc(Cl)cc2Cl)c2ccc(Cl)cc2Cl)c1)Nc1cc(Cl)ccc1Cl. The van der Waals surface area contributed by atoms with E-state index < -0.39 is 6.10 Å². The van der Waals surface area contributed by atoms with Crippen molar-refractivity contribution in [1.29, 1.82) is 0 Å². The molecule has 0 radical (unpaired) electrons. The molecule has 37 heavy (non-hydrogen) atoms. The number of hydrogen-bond donors (Lipinski definition) is 1. The quantitative estimate of drug-likeness (QED) is 0.192. The topological polar surface area (TPSA) is 47.1 Å². The van der Waals surface area contributed by atoms with Crippen LogP contribution in [0.4, 0.5) is 5.69 Å². The minimum Gasteiger partial charge on any atom is -0.365 e. The lowest BCUT2D eigenvalue weighted by Gasteiger charge is -2.19. The lowest BCUT2D eigenvalue weighted by molar-refractivity contribution is -0.683. The zero-order valence-corrected chi connectivity index (χ0v) is 23.6. The fourth-order valence-electron chi connectivity index (χ4n) is 3.61. The number of carbonyl (C=O) groups excluding carboxylic acids is 1. The van der Waals surface area contributed by atoms with Gasteiger partial charge in [-0.2, -0.15) is 0 Å². The molecular formula is C26H20Cl6N3O2+. The van der Waals surface area contributed by atoms with Crippen LogP contribution in [0.2, 0.25) is 30.1 Å². The second-order valence-electron chi connectivity index (χ2n) is 8.16. The first kappa shape index (κ1) is 28.1. The number of imidazole rings is 1. The van der Waals surface area contributed by atoms with Crippen LogP contribution in [0.3, 0.4) is 0 Å². The maximum atomic E-state index is 12.6. The van der Waals surface area contributed by atoms with Crippen molar-refractivity contribution in [2.24, 2.45) is 0 Å². The van der Waals surface area contributed by atoms with E-state index in [2.05, 4.69) is 5.32 Å². The molecule has 0 spiro atoms. The number of amides is 1. The maximum Gasteiger partial charge on any atom is 0.266 e. The van der Waals surface area contributed by atoms with E-state index >= 15 is 0 Å². The molecule has 4 rings (SSSR count). The smallest absolute Gasteiger partial charge is 0.266 e. The van der Waals surface area contributed by atoms with E-state index in [-0.39, 0.29) is 19.1 Å². The number of anilines is 1. The number of benzene rings is 3. The van der Waals surface area contributed by atoms with E-state index in [1.807, 2.05) is 22.9 Å². The summed E-state index contributed by atoms with van der Waals surface area (Å²) in [7, 11) is 0. The molecule has 0 aliphatic rings. The number of hydrogen-bond acceptors (Lipinski definition) is 2. The Bertz CT molecular complexity index is 1430. The molecule has 1 amide bonds. The molecule has 0 saturated heterocycles. The predicted molar refractivity (Wildman–Crippen MR) is 150 cm³/mol. The third-order valence-electron chi connectivity index (χ3n) is 5.42. The van der Waals surface area contributed by atoms with E-state index in [0.717, 1.165) is 11.1 Å². The van der Waals surface area contributed by atoms with Gasteiger partial charge < -0.3 is 10.1 Å². The molecular weight excluding hydrogens is 599 g/mol. The summed E-state index contributed by atoms with van der Waals surface area (Å²) < 4.78 is 9.90. The molecule has 0 saturated carbocycles. The number of rotatable bonds is 9. The molecule has 192 valence electrons. The summed E-state index contributed by atoms with van der Waals surface area (Å²) in [6.45, 7) is 0.731. The van der Waals surface area contributed by atoms with Gasteiger partial charge in [-0.1, -0.05) is 81.7 Å². The van der Waals surface area contributed by atoms with Crippen molar-refractivity contribution in [3.8, 4) is 0 Å². The lowest BCUT2D eigenvalue weighted by Crippen LogP contribution is -2.38. The highest BCUT2D eigenvalue weighted by atomic mass is 35.5. The monoisotopic (exact) mass is 616 g/mol. The van der Waals surface area contributed by atoms with Crippen molar-refractivity contribution in [3.63, 3.8) is 0 Å². The Balaban J connectivity index is 1.48. The zero-order chi connectivity index (χ0) is 26.5. The molecule has 1 unspecified atom stereocenters.